The van der Waals surface area contributed by atoms with Crippen LogP contribution in [-0.4, -0.2) is 6.29 Å². The van der Waals surface area contributed by atoms with Gasteiger partial charge in [0.2, 0.25) is 0 Å². The Morgan fingerprint density at radius 2 is 1.25 bits per heavy atom. The molecule has 140 valence electrons. The van der Waals surface area contributed by atoms with Crippen molar-refractivity contribution in [2.24, 2.45) is 23.7 Å². The van der Waals surface area contributed by atoms with Crippen molar-refractivity contribution in [2.45, 2.75) is 116 Å². The molecular formula is C23H42O. The normalized spacial score (nSPS) is 31.0. The first-order valence-corrected chi connectivity index (χ1v) is 11.3. The maximum atomic E-state index is 10.9. The molecular weight excluding hydrogens is 292 g/mol. The first kappa shape index (κ1) is 20.0. The maximum absolute atomic E-state index is 10.9. The van der Waals surface area contributed by atoms with Crippen molar-refractivity contribution in [1.82, 2.24) is 0 Å². The number of hydrogen-bond acceptors (Lipinski definition) is 1. The summed E-state index contributed by atoms with van der Waals surface area (Å²) in [6.45, 7) is 2.37. The van der Waals surface area contributed by atoms with Gasteiger partial charge in [-0.2, -0.15) is 0 Å². The van der Waals surface area contributed by atoms with Crippen LogP contribution < -0.4 is 0 Å². The molecule has 0 aromatic rings. The Morgan fingerprint density at radius 1 is 0.708 bits per heavy atom. The van der Waals surface area contributed by atoms with Crippen molar-refractivity contribution < 1.29 is 4.79 Å². The largest absolute Gasteiger partial charge is 0.303 e. The Hall–Kier alpha value is -0.330. The highest BCUT2D eigenvalue weighted by Crippen LogP contribution is 2.34. The Labute approximate surface area is 151 Å². The van der Waals surface area contributed by atoms with Gasteiger partial charge in [0.05, 0.1) is 0 Å². The molecule has 0 heterocycles. The first-order valence-electron chi connectivity index (χ1n) is 11.3. The van der Waals surface area contributed by atoms with Crippen LogP contribution >= 0.6 is 0 Å². The molecule has 0 N–H and O–H groups in total. The highest BCUT2D eigenvalue weighted by molar-refractivity contribution is 5.53. The molecule has 2 rings (SSSR count). The molecule has 2 fully saturated rings. The standard InChI is InChI=1S/C23H42O/c1-2-20-13-9-14-21(17-20)11-7-5-3-4-6-8-12-22-15-10-16-23(18-22)19-24/h19-23H,2-18H2,1H3. The van der Waals surface area contributed by atoms with E-state index in [-0.39, 0.29) is 0 Å². The monoisotopic (exact) mass is 334 g/mol. The number of carbonyl (C=O) groups is 1. The lowest BCUT2D eigenvalue weighted by Gasteiger charge is -2.28. The summed E-state index contributed by atoms with van der Waals surface area (Å²) in [7, 11) is 0. The Morgan fingerprint density at radius 3 is 1.88 bits per heavy atom. The second-order valence-corrected chi connectivity index (χ2v) is 8.93. The van der Waals surface area contributed by atoms with Crippen molar-refractivity contribution in [1.29, 1.82) is 0 Å². The molecule has 0 aliphatic heterocycles. The average molecular weight is 335 g/mol. The van der Waals surface area contributed by atoms with Gasteiger partial charge in [0.25, 0.3) is 0 Å². The van der Waals surface area contributed by atoms with E-state index in [0.29, 0.717) is 5.92 Å². The van der Waals surface area contributed by atoms with Crippen LogP contribution in [0.15, 0.2) is 0 Å². The SMILES string of the molecule is CCC1CCCC(CCCCCCCCC2CCCC(C=O)C2)C1. The van der Waals surface area contributed by atoms with Gasteiger partial charge in [-0.15, -0.1) is 0 Å². The number of unbranched alkanes of at least 4 members (excludes halogenated alkanes) is 5. The summed E-state index contributed by atoms with van der Waals surface area (Å²) in [6.07, 6.45) is 25.2. The zero-order valence-corrected chi connectivity index (χ0v) is 16.3. The van der Waals surface area contributed by atoms with Crippen LogP contribution in [0.3, 0.4) is 0 Å². The molecule has 0 aromatic carbocycles. The highest BCUT2D eigenvalue weighted by Gasteiger charge is 2.21. The van der Waals surface area contributed by atoms with E-state index in [1.54, 1.807) is 0 Å². The Kier molecular flexibility index (Phi) is 10.1. The lowest BCUT2D eigenvalue weighted by molar-refractivity contribution is -0.112. The lowest BCUT2D eigenvalue weighted by atomic mass is 9.78. The van der Waals surface area contributed by atoms with E-state index in [2.05, 4.69) is 6.92 Å². The van der Waals surface area contributed by atoms with Crippen LogP contribution in [0, 0.1) is 23.7 Å². The van der Waals surface area contributed by atoms with Gasteiger partial charge in [0, 0.05) is 5.92 Å². The summed E-state index contributed by atoms with van der Waals surface area (Å²) in [5.74, 6) is 3.34. The van der Waals surface area contributed by atoms with E-state index in [4.69, 9.17) is 0 Å². The zero-order valence-electron chi connectivity index (χ0n) is 16.3. The predicted octanol–water partition coefficient (Wildman–Crippen LogP) is 7.33. The molecule has 0 aromatic heterocycles. The van der Waals surface area contributed by atoms with Gasteiger partial charge in [0.1, 0.15) is 6.29 Å². The van der Waals surface area contributed by atoms with E-state index in [1.807, 2.05) is 0 Å². The number of rotatable bonds is 11. The van der Waals surface area contributed by atoms with Crippen LogP contribution in [0.4, 0.5) is 0 Å². The topological polar surface area (TPSA) is 17.1 Å². The van der Waals surface area contributed by atoms with Crippen molar-refractivity contribution in [3.63, 3.8) is 0 Å². The van der Waals surface area contributed by atoms with E-state index in [1.165, 1.54) is 109 Å². The summed E-state index contributed by atoms with van der Waals surface area (Å²) in [4.78, 5) is 10.9. The molecule has 0 saturated heterocycles. The maximum Gasteiger partial charge on any atom is 0.123 e. The van der Waals surface area contributed by atoms with Crippen LogP contribution in [0.1, 0.15) is 116 Å². The molecule has 0 radical (unpaired) electrons. The fourth-order valence-electron chi connectivity index (χ4n) is 5.33. The van der Waals surface area contributed by atoms with Crippen LogP contribution in [0.2, 0.25) is 0 Å². The number of hydrogen-bond donors (Lipinski definition) is 0. The molecule has 4 unspecified atom stereocenters. The zero-order chi connectivity index (χ0) is 17.0. The van der Waals surface area contributed by atoms with Crippen molar-refractivity contribution in [3.05, 3.63) is 0 Å². The molecule has 4 atom stereocenters. The second kappa shape index (κ2) is 12.1. The molecule has 0 bridgehead atoms. The van der Waals surface area contributed by atoms with Crippen LogP contribution in [0.25, 0.3) is 0 Å². The van der Waals surface area contributed by atoms with E-state index in [0.717, 1.165) is 24.2 Å². The molecule has 1 nitrogen and oxygen atoms in total. The molecule has 2 aliphatic carbocycles. The molecule has 24 heavy (non-hydrogen) atoms. The molecule has 1 heteroatoms. The fourth-order valence-corrected chi connectivity index (χ4v) is 5.33. The van der Waals surface area contributed by atoms with E-state index < -0.39 is 0 Å². The summed E-state index contributed by atoms with van der Waals surface area (Å²) in [6, 6.07) is 0. The van der Waals surface area contributed by atoms with Gasteiger partial charge in [-0.05, 0) is 37.0 Å². The third-order valence-corrected chi connectivity index (χ3v) is 6.96. The van der Waals surface area contributed by atoms with Crippen LogP contribution in [-0.2, 0) is 4.79 Å². The van der Waals surface area contributed by atoms with Gasteiger partial charge in [-0.25, -0.2) is 0 Å². The smallest absolute Gasteiger partial charge is 0.123 e. The minimum Gasteiger partial charge on any atom is -0.303 e. The van der Waals surface area contributed by atoms with Gasteiger partial charge >= 0.3 is 0 Å². The first-order chi connectivity index (χ1) is 11.8. The molecule has 0 spiro atoms. The predicted molar refractivity (Wildman–Crippen MR) is 104 cm³/mol. The van der Waals surface area contributed by atoms with Crippen molar-refractivity contribution in [3.8, 4) is 0 Å². The van der Waals surface area contributed by atoms with Gasteiger partial charge in [0.15, 0.2) is 0 Å². The Bertz CT molecular complexity index is 324. The minimum atomic E-state index is 0.385. The van der Waals surface area contributed by atoms with E-state index in [9.17, 15) is 4.79 Å². The molecule has 0 amide bonds. The minimum absolute atomic E-state index is 0.385. The Balaban J connectivity index is 1.39. The summed E-state index contributed by atoms with van der Waals surface area (Å²) in [5, 5.41) is 0. The average Bonchev–Trinajstić information content (AvgIpc) is 2.64. The van der Waals surface area contributed by atoms with Gasteiger partial charge in [-0.3, -0.25) is 0 Å². The quantitative estimate of drug-likeness (QED) is 0.285. The lowest BCUT2D eigenvalue weighted by Crippen LogP contribution is -2.16. The van der Waals surface area contributed by atoms with E-state index >= 15 is 0 Å². The third kappa shape index (κ3) is 7.70. The van der Waals surface area contributed by atoms with Crippen molar-refractivity contribution >= 4 is 6.29 Å². The fraction of sp³-hybridized carbons (Fsp3) is 0.957. The third-order valence-electron chi connectivity index (χ3n) is 6.96. The van der Waals surface area contributed by atoms with Crippen LogP contribution in [0.5, 0.6) is 0 Å². The second-order valence-electron chi connectivity index (χ2n) is 8.93. The van der Waals surface area contributed by atoms with Gasteiger partial charge < -0.3 is 4.79 Å². The van der Waals surface area contributed by atoms with Crippen molar-refractivity contribution in [2.75, 3.05) is 0 Å². The summed E-state index contributed by atoms with van der Waals surface area (Å²) < 4.78 is 0. The van der Waals surface area contributed by atoms with Gasteiger partial charge in [-0.1, -0.05) is 96.8 Å². The highest BCUT2D eigenvalue weighted by atomic mass is 16.1. The number of carbonyl (C=O) groups excluding carboxylic acids is 1. The summed E-state index contributed by atoms with van der Waals surface area (Å²) in [5.41, 5.74) is 0. The molecule has 2 saturated carbocycles. The molecule has 2 aliphatic rings. The summed E-state index contributed by atoms with van der Waals surface area (Å²) >= 11 is 0. The number of aldehydes is 1.